The van der Waals surface area contributed by atoms with E-state index in [1.54, 1.807) is 18.7 Å². The first-order chi connectivity index (χ1) is 7.02. The second-order valence-corrected chi connectivity index (χ2v) is 4.67. The smallest absolute Gasteiger partial charge is 0.186 e. The molecule has 0 aromatic carbocycles. The number of rotatable bonds is 3. The van der Waals surface area contributed by atoms with E-state index in [0.29, 0.717) is 10.9 Å². The second-order valence-electron chi connectivity index (χ2n) is 3.12. The highest BCUT2D eigenvalue weighted by Crippen LogP contribution is 2.20. The maximum atomic E-state index is 10.7. The quantitative estimate of drug-likeness (QED) is 0.820. The van der Waals surface area contributed by atoms with Gasteiger partial charge in [-0.3, -0.25) is 9.48 Å². The van der Waals surface area contributed by atoms with E-state index in [9.17, 15) is 4.79 Å². The third kappa shape index (κ3) is 3.39. The molecule has 0 saturated carbocycles. The molecule has 0 aliphatic carbocycles. The zero-order valence-electron chi connectivity index (χ0n) is 8.95. The Kier molecular flexibility index (Phi) is 4.42. The third-order valence-electron chi connectivity index (χ3n) is 1.86. The molecule has 0 fully saturated rings. The monoisotopic (exact) mass is 244 g/mol. The van der Waals surface area contributed by atoms with Crippen molar-refractivity contribution in [3.8, 4) is 0 Å². The number of aromatic nitrogens is 2. The summed E-state index contributed by atoms with van der Waals surface area (Å²) in [6.07, 6.45) is 3.82. The van der Waals surface area contributed by atoms with E-state index in [1.165, 1.54) is 11.8 Å². The SMILES string of the molecule is CC(=O)SCC=Cc1c(C)nn(C)c1Cl. The number of nitrogens with zero attached hydrogens (tertiary/aromatic N) is 2. The van der Waals surface area contributed by atoms with Crippen LogP contribution in [0, 0.1) is 6.92 Å². The normalized spacial score (nSPS) is 11.2. The Labute approximate surface area is 98.5 Å². The molecule has 0 atom stereocenters. The first-order valence-corrected chi connectivity index (χ1v) is 5.87. The minimum atomic E-state index is 0.119. The molecule has 0 saturated heterocycles. The van der Waals surface area contributed by atoms with E-state index >= 15 is 0 Å². The zero-order chi connectivity index (χ0) is 11.4. The first-order valence-electron chi connectivity index (χ1n) is 4.51. The van der Waals surface area contributed by atoms with E-state index < -0.39 is 0 Å². The van der Waals surface area contributed by atoms with Crippen molar-refractivity contribution in [3.05, 3.63) is 22.5 Å². The number of hydrogen-bond acceptors (Lipinski definition) is 3. The minimum Gasteiger partial charge on any atom is -0.288 e. The summed E-state index contributed by atoms with van der Waals surface area (Å²) in [5, 5.41) is 4.93. The number of halogens is 1. The highest BCUT2D eigenvalue weighted by atomic mass is 35.5. The van der Waals surface area contributed by atoms with Crippen LogP contribution in [0.4, 0.5) is 0 Å². The first kappa shape index (κ1) is 12.3. The number of hydrogen-bond donors (Lipinski definition) is 0. The molecule has 0 bridgehead atoms. The van der Waals surface area contributed by atoms with Gasteiger partial charge in [-0.15, -0.1) is 0 Å². The molecule has 0 amide bonds. The van der Waals surface area contributed by atoms with Crippen LogP contribution in [-0.2, 0) is 11.8 Å². The van der Waals surface area contributed by atoms with E-state index in [-0.39, 0.29) is 5.12 Å². The van der Waals surface area contributed by atoms with Gasteiger partial charge < -0.3 is 0 Å². The van der Waals surface area contributed by atoms with Gasteiger partial charge in [0.05, 0.1) is 5.69 Å². The van der Waals surface area contributed by atoms with Crippen LogP contribution in [0.15, 0.2) is 6.08 Å². The van der Waals surface area contributed by atoms with Crippen LogP contribution in [0.1, 0.15) is 18.2 Å². The molecule has 1 heterocycles. The lowest BCUT2D eigenvalue weighted by atomic mass is 10.2. The fraction of sp³-hybridized carbons (Fsp3) is 0.400. The third-order valence-corrected chi connectivity index (χ3v) is 3.08. The van der Waals surface area contributed by atoms with Gasteiger partial charge >= 0.3 is 0 Å². The van der Waals surface area contributed by atoms with Crippen LogP contribution in [0.2, 0.25) is 5.15 Å². The molecular weight excluding hydrogens is 232 g/mol. The number of carbonyl (C=O) groups is 1. The Morgan fingerprint density at radius 2 is 2.33 bits per heavy atom. The van der Waals surface area contributed by atoms with Crippen LogP contribution in [0.5, 0.6) is 0 Å². The molecule has 82 valence electrons. The largest absolute Gasteiger partial charge is 0.288 e. The molecule has 0 aliphatic heterocycles. The predicted molar refractivity (Wildman–Crippen MR) is 65.1 cm³/mol. The molecule has 0 unspecified atom stereocenters. The maximum Gasteiger partial charge on any atom is 0.186 e. The summed E-state index contributed by atoms with van der Waals surface area (Å²) in [6.45, 7) is 3.46. The standard InChI is InChI=1S/C10H13ClN2OS/c1-7-9(10(11)13(3)12-7)5-4-6-15-8(2)14/h4-5H,6H2,1-3H3. The Morgan fingerprint density at radius 3 is 2.80 bits per heavy atom. The zero-order valence-corrected chi connectivity index (χ0v) is 10.5. The minimum absolute atomic E-state index is 0.119. The molecule has 1 aromatic rings. The van der Waals surface area contributed by atoms with Crippen LogP contribution in [0.3, 0.4) is 0 Å². The van der Waals surface area contributed by atoms with Crippen molar-refractivity contribution in [1.29, 1.82) is 0 Å². The lowest BCUT2D eigenvalue weighted by Crippen LogP contribution is -1.88. The van der Waals surface area contributed by atoms with Gasteiger partial charge in [0.15, 0.2) is 5.12 Å². The van der Waals surface area contributed by atoms with Gasteiger partial charge in [0.1, 0.15) is 5.15 Å². The summed E-state index contributed by atoms with van der Waals surface area (Å²) >= 11 is 7.30. The van der Waals surface area contributed by atoms with Gasteiger partial charge in [-0.1, -0.05) is 35.5 Å². The maximum absolute atomic E-state index is 10.7. The van der Waals surface area contributed by atoms with Gasteiger partial charge in [0, 0.05) is 25.3 Å². The second kappa shape index (κ2) is 5.37. The van der Waals surface area contributed by atoms with Crippen molar-refractivity contribution in [2.45, 2.75) is 13.8 Å². The summed E-state index contributed by atoms with van der Waals surface area (Å²) in [7, 11) is 1.80. The topological polar surface area (TPSA) is 34.9 Å². The fourth-order valence-electron chi connectivity index (χ4n) is 1.17. The Bertz CT molecular complexity index is 398. The average molecular weight is 245 g/mol. The van der Waals surface area contributed by atoms with E-state index in [2.05, 4.69) is 5.10 Å². The van der Waals surface area contributed by atoms with Crippen LogP contribution in [0.25, 0.3) is 6.08 Å². The summed E-state index contributed by atoms with van der Waals surface area (Å²) in [6, 6.07) is 0. The summed E-state index contributed by atoms with van der Waals surface area (Å²) in [4.78, 5) is 10.7. The van der Waals surface area contributed by atoms with Crippen LogP contribution < -0.4 is 0 Å². The molecule has 1 rings (SSSR count). The highest BCUT2D eigenvalue weighted by Gasteiger charge is 2.07. The number of aryl methyl sites for hydroxylation is 2. The van der Waals surface area contributed by atoms with Crippen molar-refractivity contribution in [1.82, 2.24) is 9.78 Å². The van der Waals surface area contributed by atoms with Crippen LogP contribution in [-0.4, -0.2) is 20.6 Å². The predicted octanol–water partition coefficient (Wildman–Crippen LogP) is 2.67. The fourth-order valence-corrected chi connectivity index (χ4v) is 1.83. The summed E-state index contributed by atoms with van der Waals surface area (Å²) < 4.78 is 1.63. The van der Waals surface area contributed by atoms with Gasteiger partial charge in [0.2, 0.25) is 0 Å². The van der Waals surface area contributed by atoms with Crippen LogP contribution >= 0.6 is 23.4 Å². The van der Waals surface area contributed by atoms with Crippen molar-refractivity contribution in [3.63, 3.8) is 0 Å². The Balaban J connectivity index is 2.68. The van der Waals surface area contributed by atoms with Gasteiger partial charge in [0.25, 0.3) is 0 Å². The van der Waals surface area contributed by atoms with E-state index in [1.807, 2.05) is 19.1 Å². The molecular formula is C10H13ClN2OS. The number of thioether (sulfide) groups is 1. The van der Waals surface area contributed by atoms with Gasteiger partial charge in [-0.05, 0) is 6.92 Å². The molecule has 0 N–H and O–H groups in total. The highest BCUT2D eigenvalue weighted by molar-refractivity contribution is 8.13. The molecule has 5 heteroatoms. The summed E-state index contributed by atoms with van der Waals surface area (Å²) in [5.41, 5.74) is 1.81. The van der Waals surface area contributed by atoms with Crippen molar-refractivity contribution in [2.75, 3.05) is 5.75 Å². The van der Waals surface area contributed by atoms with E-state index in [4.69, 9.17) is 11.6 Å². The summed E-state index contributed by atoms with van der Waals surface area (Å²) in [5.74, 6) is 0.667. The Morgan fingerprint density at radius 1 is 1.67 bits per heavy atom. The van der Waals surface area contributed by atoms with E-state index in [0.717, 1.165) is 11.3 Å². The van der Waals surface area contributed by atoms with Crippen molar-refractivity contribution >= 4 is 34.6 Å². The lowest BCUT2D eigenvalue weighted by molar-refractivity contribution is -0.109. The molecule has 0 spiro atoms. The number of carbonyl (C=O) groups excluding carboxylic acids is 1. The average Bonchev–Trinajstić information content (AvgIpc) is 2.37. The Hall–Kier alpha value is -0.740. The van der Waals surface area contributed by atoms with Crippen molar-refractivity contribution in [2.24, 2.45) is 7.05 Å². The van der Waals surface area contributed by atoms with Gasteiger partial charge in [-0.2, -0.15) is 5.10 Å². The van der Waals surface area contributed by atoms with Crippen molar-refractivity contribution < 1.29 is 4.79 Å². The van der Waals surface area contributed by atoms with Gasteiger partial charge in [-0.25, -0.2) is 0 Å². The molecule has 15 heavy (non-hydrogen) atoms. The lowest BCUT2D eigenvalue weighted by Gasteiger charge is -1.92. The molecule has 1 aromatic heterocycles. The molecule has 0 radical (unpaired) electrons. The molecule has 0 aliphatic rings. The molecule has 3 nitrogen and oxygen atoms in total.